The van der Waals surface area contributed by atoms with Crippen LogP contribution in [0.2, 0.25) is 0 Å². The summed E-state index contributed by atoms with van der Waals surface area (Å²) in [6.45, 7) is 3.64. The molecule has 1 aromatic rings. The van der Waals surface area contributed by atoms with Crippen LogP contribution in [0.1, 0.15) is 57.9 Å². The molecule has 0 aromatic heterocycles. The molecule has 7 heteroatoms. The first-order valence-corrected chi connectivity index (χ1v) is 10.3. The highest BCUT2D eigenvalue weighted by Crippen LogP contribution is 2.27. The first-order chi connectivity index (χ1) is 13.9. The van der Waals surface area contributed by atoms with Crippen molar-refractivity contribution in [1.29, 1.82) is 0 Å². The molecule has 0 saturated heterocycles. The molecule has 164 valence electrons. The van der Waals surface area contributed by atoms with E-state index in [4.69, 9.17) is 14.2 Å². The molecular weight excluding hydrogens is 374 g/mol. The number of unbranched alkanes of at least 4 members (excludes halogenated alkanes) is 2. The smallest absolute Gasteiger partial charge is 0.320 e. The van der Waals surface area contributed by atoms with E-state index in [2.05, 4.69) is 12.2 Å². The first kappa shape index (κ1) is 24.8. The molecule has 0 spiro atoms. The zero-order valence-corrected chi connectivity index (χ0v) is 18.0. The standard InChI is InChI=1S/C22H35NO6/c1-5-6-7-8-18(28-16(2)24)14-19(29-22(26)15-23-3)11-9-17-10-12-20(25)21(13-17)27-4/h10,12-13,18-19,23,25H,5-9,11,14-15H2,1-4H3. The van der Waals surface area contributed by atoms with Gasteiger partial charge in [-0.15, -0.1) is 0 Å². The van der Waals surface area contributed by atoms with Crippen LogP contribution in [0.4, 0.5) is 0 Å². The number of hydrogen-bond donors (Lipinski definition) is 2. The van der Waals surface area contributed by atoms with Gasteiger partial charge < -0.3 is 24.6 Å². The molecule has 0 radical (unpaired) electrons. The van der Waals surface area contributed by atoms with E-state index < -0.39 is 0 Å². The summed E-state index contributed by atoms with van der Waals surface area (Å²) in [5.74, 6) is -0.173. The fraction of sp³-hybridized carbons (Fsp3) is 0.636. The number of nitrogens with one attached hydrogen (secondary N) is 1. The van der Waals surface area contributed by atoms with Crippen LogP contribution in [-0.2, 0) is 25.5 Å². The largest absolute Gasteiger partial charge is 0.504 e. The maximum absolute atomic E-state index is 12.0. The Morgan fingerprint density at radius 1 is 1.14 bits per heavy atom. The van der Waals surface area contributed by atoms with Crippen molar-refractivity contribution in [1.82, 2.24) is 5.32 Å². The summed E-state index contributed by atoms with van der Waals surface area (Å²) in [4.78, 5) is 23.5. The molecular formula is C22H35NO6. The molecule has 0 aliphatic carbocycles. The van der Waals surface area contributed by atoms with Crippen LogP contribution in [0.25, 0.3) is 0 Å². The van der Waals surface area contributed by atoms with Crippen molar-refractivity contribution < 1.29 is 28.9 Å². The lowest BCUT2D eigenvalue weighted by Gasteiger charge is -2.24. The second-order valence-corrected chi connectivity index (χ2v) is 7.15. The van der Waals surface area contributed by atoms with Crippen molar-refractivity contribution in [3.8, 4) is 11.5 Å². The number of aryl methyl sites for hydroxylation is 1. The van der Waals surface area contributed by atoms with Crippen LogP contribution < -0.4 is 10.1 Å². The second-order valence-electron chi connectivity index (χ2n) is 7.15. The molecule has 1 aromatic carbocycles. The molecule has 29 heavy (non-hydrogen) atoms. The summed E-state index contributed by atoms with van der Waals surface area (Å²) in [6, 6.07) is 5.17. The number of carbonyl (C=O) groups excluding carboxylic acids is 2. The van der Waals surface area contributed by atoms with E-state index in [0.29, 0.717) is 25.0 Å². The third-order valence-electron chi connectivity index (χ3n) is 4.61. The van der Waals surface area contributed by atoms with Gasteiger partial charge in [-0.3, -0.25) is 9.59 Å². The number of phenols is 1. The van der Waals surface area contributed by atoms with Crippen molar-refractivity contribution in [3.05, 3.63) is 23.8 Å². The van der Waals surface area contributed by atoms with Crippen LogP contribution in [0.3, 0.4) is 0 Å². The van der Waals surface area contributed by atoms with Gasteiger partial charge in [-0.1, -0.05) is 25.8 Å². The summed E-state index contributed by atoms with van der Waals surface area (Å²) in [5, 5.41) is 12.5. The van der Waals surface area contributed by atoms with Crippen LogP contribution >= 0.6 is 0 Å². The Morgan fingerprint density at radius 2 is 1.86 bits per heavy atom. The Hall–Kier alpha value is -2.28. The van der Waals surface area contributed by atoms with Gasteiger partial charge in [-0.2, -0.15) is 0 Å². The SMILES string of the molecule is CCCCCC(CC(CCc1ccc(O)c(OC)c1)OC(=O)CNC)OC(C)=O. The van der Waals surface area contributed by atoms with Crippen molar-refractivity contribution in [2.75, 3.05) is 20.7 Å². The molecule has 2 unspecified atom stereocenters. The van der Waals surface area contributed by atoms with Crippen molar-refractivity contribution in [2.45, 2.75) is 71.0 Å². The molecule has 1 rings (SSSR count). The molecule has 2 atom stereocenters. The highest BCUT2D eigenvalue weighted by atomic mass is 16.6. The van der Waals surface area contributed by atoms with Crippen LogP contribution in [0, 0.1) is 0 Å². The molecule has 0 amide bonds. The number of likely N-dealkylation sites (N-methyl/N-ethyl adjacent to an activating group) is 1. The molecule has 7 nitrogen and oxygen atoms in total. The number of rotatable bonds is 14. The fourth-order valence-electron chi connectivity index (χ4n) is 3.18. The normalized spacial score (nSPS) is 12.8. The topological polar surface area (TPSA) is 94.1 Å². The third kappa shape index (κ3) is 10.2. The van der Waals surface area contributed by atoms with E-state index in [1.54, 1.807) is 19.2 Å². The van der Waals surface area contributed by atoms with E-state index in [0.717, 1.165) is 31.2 Å². The van der Waals surface area contributed by atoms with Crippen molar-refractivity contribution in [3.63, 3.8) is 0 Å². The lowest BCUT2D eigenvalue weighted by Crippen LogP contribution is -2.30. The highest BCUT2D eigenvalue weighted by molar-refractivity contribution is 5.71. The summed E-state index contributed by atoms with van der Waals surface area (Å²) in [6.07, 6.45) is 4.88. The number of esters is 2. The zero-order chi connectivity index (χ0) is 21.6. The number of methoxy groups -OCH3 is 1. The zero-order valence-electron chi connectivity index (χ0n) is 18.0. The summed E-state index contributed by atoms with van der Waals surface area (Å²) < 4.78 is 16.3. The van der Waals surface area contributed by atoms with Gasteiger partial charge >= 0.3 is 11.9 Å². The Bertz CT molecular complexity index is 634. The van der Waals surface area contributed by atoms with Gasteiger partial charge in [0.1, 0.15) is 12.2 Å². The minimum Gasteiger partial charge on any atom is -0.504 e. The van der Waals surface area contributed by atoms with E-state index in [1.165, 1.54) is 14.0 Å². The Balaban J connectivity index is 2.81. The van der Waals surface area contributed by atoms with Gasteiger partial charge in [0.2, 0.25) is 0 Å². The predicted molar refractivity (Wildman–Crippen MR) is 111 cm³/mol. The van der Waals surface area contributed by atoms with Gasteiger partial charge in [0.05, 0.1) is 13.7 Å². The molecule has 0 aliphatic heterocycles. The van der Waals surface area contributed by atoms with E-state index in [-0.39, 0.29) is 36.4 Å². The van der Waals surface area contributed by atoms with Crippen LogP contribution in [0.5, 0.6) is 11.5 Å². The number of aromatic hydroxyl groups is 1. The molecule has 0 saturated carbocycles. The maximum atomic E-state index is 12.0. The van der Waals surface area contributed by atoms with Gasteiger partial charge in [-0.05, 0) is 50.4 Å². The van der Waals surface area contributed by atoms with Gasteiger partial charge in [0, 0.05) is 13.3 Å². The minimum atomic E-state index is -0.373. The number of ether oxygens (including phenoxy) is 3. The van der Waals surface area contributed by atoms with Crippen molar-refractivity contribution in [2.24, 2.45) is 0 Å². The van der Waals surface area contributed by atoms with E-state index >= 15 is 0 Å². The van der Waals surface area contributed by atoms with E-state index in [1.807, 2.05) is 6.07 Å². The molecule has 0 fully saturated rings. The summed E-state index contributed by atoms with van der Waals surface area (Å²) in [7, 11) is 3.19. The number of benzene rings is 1. The Labute approximate surface area is 173 Å². The summed E-state index contributed by atoms with van der Waals surface area (Å²) in [5.41, 5.74) is 0.962. The highest BCUT2D eigenvalue weighted by Gasteiger charge is 2.22. The van der Waals surface area contributed by atoms with Crippen LogP contribution in [0.15, 0.2) is 18.2 Å². The minimum absolute atomic E-state index is 0.0825. The average Bonchev–Trinajstić information content (AvgIpc) is 2.67. The van der Waals surface area contributed by atoms with Gasteiger partial charge in [0.15, 0.2) is 11.5 Å². The monoisotopic (exact) mass is 409 g/mol. The molecule has 2 N–H and O–H groups in total. The lowest BCUT2D eigenvalue weighted by molar-refractivity contribution is -0.154. The van der Waals surface area contributed by atoms with Crippen molar-refractivity contribution >= 4 is 11.9 Å². The average molecular weight is 410 g/mol. The second kappa shape index (κ2) is 13.8. The van der Waals surface area contributed by atoms with Gasteiger partial charge in [-0.25, -0.2) is 0 Å². The van der Waals surface area contributed by atoms with Crippen LogP contribution in [-0.4, -0.2) is 50.0 Å². The summed E-state index contributed by atoms with van der Waals surface area (Å²) >= 11 is 0. The maximum Gasteiger partial charge on any atom is 0.320 e. The van der Waals surface area contributed by atoms with Gasteiger partial charge in [0.25, 0.3) is 0 Å². The number of hydrogen-bond acceptors (Lipinski definition) is 7. The predicted octanol–water partition coefficient (Wildman–Crippen LogP) is 3.37. The lowest BCUT2D eigenvalue weighted by atomic mass is 9.99. The van der Waals surface area contributed by atoms with E-state index in [9.17, 15) is 14.7 Å². The molecule has 0 aliphatic rings. The third-order valence-corrected chi connectivity index (χ3v) is 4.61. The molecule has 0 heterocycles. The fourth-order valence-corrected chi connectivity index (χ4v) is 3.18. The Morgan fingerprint density at radius 3 is 2.48 bits per heavy atom. The number of carbonyl (C=O) groups is 2. The molecule has 0 bridgehead atoms. The number of phenolic OH excluding ortho intramolecular Hbond substituents is 1. The quantitative estimate of drug-likeness (QED) is 0.359. The Kier molecular flexibility index (Phi) is 11.8. The first-order valence-electron chi connectivity index (χ1n) is 10.3.